The number of benzene rings is 3. The number of hydrogen-bond donors (Lipinski definition) is 1. The van der Waals surface area contributed by atoms with E-state index in [9.17, 15) is 4.79 Å². The maximum atomic E-state index is 12.9. The summed E-state index contributed by atoms with van der Waals surface area (Å²) in [5.74, 6) is 0.954. The molecule has 0 fully saturated rings. The molecule has 4 nitrogen and oxygen atoms in total. The summed E-state index contributed by atoms with van der Waals surface area (Å²) in [6.45, 7) is 5.22. The van der Waals surface area contributed by atoms with Gasteiger partial charge in [0.2, 0.25) is 5.91 Å². The first-order valence-electron chi connectivity index (χ1n) is 13.0. The molecule has 4 rings (SSSR count). The van der Waals surface area contributed by atoms with Crippen LogP contribution in [0.5, 0.6) is 0 Å². The van der Waals surface area contributed by atoms with E-state index in [1.807, 2.05) is 43.3 Å². The summed E-state index contributed by atoms with van der Waals surface area (Å²) in [4.78, 5) is 17.8. The van der Waals surface area contributed by atoms with Gasteiger partial charge in [0.25, 0.3) is 0 Å². The Labute approximate surface area is 209 Å². The number of aryl methyl sites for hydroxylation is 1. The number of aromatic nitrogens is 2. The maximum Gasteiger partial charge on any atom is 0.224 e. The van der Waals surface area contributed by atoms with Crippen LogP contribution in [0.2, 0.25) is 0 Å². The van der Waals surface area contributed by atoms with Crippen LogP contribution in [-0.4, -0.2) is 15.5 Å². The van der Waals surface area contributed by atoms with Gasteiger partial charge in [0, 0.05) is 6.54 Å². The first-order chi connectivity index (χ1) is 17.2. The molecule has 0 aliphatic carbocycles. The molecule has 0 aliphatic heterocycles. The zero-order valence-corrected chi connectivity index (χ0v) is 21.0. The Kier molecular flexibility index (Phi) is 8.72. The Bertz CT molecular complexity index is 1210. The van der Waals surface area contributed by atoms with Gasteiger partial charge in [0.1, 0.15) is 5.82 Å². The quantitative estimate of drug-likeness (QED) is 0.219. The molecule has 1 heterocycles. The molecule has 0 spiro atoms. The lowest BCUT2D eigenvalue weighted by atomic mass is 10.0. The molecule has 0 saturated heterocycles. The normalized spacial score (nSPS) is 12.1. The number of fused-ring (bicyclic) bond motifs is 1. The van der Waals surface area contributed by atoms with E-state index in [-0.39, 0.29) is 11.9 Å². The summed E-state index contributed by atoms with van der Waals surface area (Å²) in [6, 6.07) is 26.7. The van der Waals surface area contributed by atoms with Crippen molar-refractivity contribution in [2.75, 3.05) is 0 Å². The number of carbonyl (C=O) groups excluding carboxylic acids is 1. The molecule has 182 valence electrons. The lowest BCUT2D eigenvalue weighted by molar-refractivity contribution is -0.121. The molecule has 1 aromatic heterocycles. The van der Waals surface area contributed by atoms with Gasteiger partial charge in [-0.1, -0.05) is 106 Å². The van der Waals surface area contributed by atoms with E-state index in [4.69, 9.17) is 4.98 Å². The molecule has 0 bridgehead atoms. The van der Waals surface area contributed by atoms with Gasteiger partial charge in [-0.2, -0.15) is 0 Å². The van der Waals surface area contributed by atoms with E-state index in [1.54, 1.807) is 0 Å². The number of nitrogens with one attached hydrogen (secondary N) is 1. The van der Waals surface area contributed by atoms with Crippen molar-refractivity contribution in [1.29, 1.82) is 0 Å². The second-order valence-electron chi connectivity index (χ2n) is 9.41. The Hall–Kier alpha value is -3.40. The molecule has 4 aromatic rings. The van der Waals surface area contributed by atoms with Crippen molar-refractivity contribution in [3.8, 4) is 11.1 Å². The summed E-state index contributed by atoms with van der Waals surface area (Å²) >= 11 is 0. The summed E-state index contributed by atoms with van der Waals surface area (Å²) in [7, 11) is 0. The fourth-order valence-electron chi connectivity index (χ4n) is 4.70. The highest BCUT2D eigenvalue weighted by Gasteiger charge is 2.18. The number of unbranched alkanes of at least 4 members (excludes halogenated alkanes) is 5. The average molecular weight is 468 g/mol. The lowest BCUT2D eigenvalue weighted by Gasteiger charge is -2.17. The standard InChI is InChI=1S/C31H37N3O/c1-3-4-5-6-7-13-22-34-29-17-12-11-16-28(29)33-31(34)24(2)32-30(35)23-25-18-20-27(21-19-25)26-14-9-8-10-15-26/h8-12,14-21,24H,3-7,13,22-23H2,1-2H3,(H,32,35). The molecule has 1 N–H and O–H groups in total. The largest absolute Gasteiger partial charge is 0.346 e. The van der Waals surface area contributed by atoms with E-state index >= 15 is 0 Å². The van der Waals surface area contributed by atoms with Crippen molar-refractivity contribution >= 4 is 16.9 Å². The number of amides is 1. The first kappa shape index (κ1) is 24.7. The Morgan fingerprint density at radius 1 is 0.829 bits per heavy atom. The van der Waals surface area contributed by atoms with Crippen molar-refractivity contribution in [2.45, 2.75) is 71.4 Å². The zero-order valence-electron chi connectivity index (χ0n) is 21.0. The first-order valence-corrected chi connectivity index (χ1v) is 13.0. The van der Waals surface area contributed by atoms with Crippen LogP contribution in [0.4, 0.5) is 0 Å². The minimum atomic E-state index is -0.154. The number of para-hydroxylation sites is 2. The van der Waals surface area contributed by atoms with Crippen LogP contribution in [0.15, 0.2) is 78.9 Å². The van der Waals surface area contributed by atoms with Crippen LogP contribution in [0.25, 0.3) is 22.2 Å². The monoisotopic (exact) mass is 467 g/mol. The predicted molar refractivity (Wildman–Crippen MR) is 145 cm³/mol. The highest BCUT2D eigenvalue weighted by Crippen LogP contribution is 2.23. The summed E-state index contributed by atoms with van der Waals surface area (Å²) in [5.41, 5.74) is 5.49. The second-order valence-corrected chi connectivity index (χ2v) is 9.41. The molecule has 0 radical (unpaired) electrons. The third-order valence-electron chi connectivity index (χ3n) is 6.61. The fraction of sp³-hybridized carbons (Fsp3) is 0.355. The number of imidazole rings is 1. The van der Waals surface area contributed by atoms with E-state index in [0.29, 0.717) is 6.42 Å². The highest BCUT2D eigenvalue weighted by atomic mass is 16.1. The van der Waals surface area contributed by atoms with Gasteiger partial charge in [-0.05, 0) is 42.2 Å². The van der Waals surface area contributed by atoms with Crippen LogP contribution in [-0.2, 0) is 17.8 Å². The third-order valence-corrected chi connectivity index (χ3v) is 6.61. The minimum Gasteiger partial charge on any atom is -0.346 e. The summed E-state index contributed by atoms with van der Waals surface area (Å²) in [5, 5.41) is 3.19. The van der Waals surface area contributed by atoms with Crippen LogP contribution in [0.3, 0.4) is 0 Å². The molecule has 1 amide bonds. The highest BCUT2D eigenvalue weighted by molar-refractivity contribution is 5.80. The third kappa shape index (κ3) is 6.60. The molecule has 3 aromatic carbocycles. The SMILES string of the molecule is CCCCCCCCn1c(C(C)NC(=O)Cc2ccc(-c3ccccc3)cc2)nc2ccccc21. The number of carbonyl (C=O) groups is 1. The van der Waals surface area contributed by atoms with Crippen LogP contribution < -0.4 is 5.32 Å². The summed E-state index contributed by atoms with van der Waals surface area (Å²) < 4.78 is 2.30. The molecular formula is C31H37N3O. The molecule has 4 heteroatoms. The van der Waals surface area contributed by atoms with E-state index < -0.39 is 0 Å². The van der Waals surface area contributed by atoms with E-state index in [1.165, 1.54) is 37.7 Å². The van der Waals surface area contributed by atoms with Gasteiger partial charge in [0.15, 0.2) is 0 Å². The van der Waals surface area contributed by atoms with Gasteiger partial charge >= 0.3 is 0 Å². The maximum absolute atomic E-state index is 12.9. The topological polar surface area (TPSA) is 46.9 Å². The van der Waals surface area contributed by atoms with Crippen molar-refractivity contribution < 1.29 is 4.79 Å². The number of rotatable bonds is 12. The van der Waals surface area contributed by atoms with Gasteiger partial charge < -0.3 is 9.88 Å². The average Bonchev–Trinajstić information content (AvgIpc) is 3.26. The van der Waals surface area contributed by atoms with Gasteiger partial charge in [0.05, 0.1) is 23.5 Å². The van der Waals surface area contributed by atoms with E-state index in [2.05, 4.69) is 59.3 Å². The molecule has 0 aliphatic rings. The van der Waals surface area contributed by atoms with Crippen molar-refractivity contribution in [1.82, 2.24) is 14.9 Å². The van der Waals surface area contributed by atoms with Crippen LogP contribution in [0.1, 0.15) is 69.8 Å². The fourth-order valence-corrected chi connectivity index (χ4v) is 4.70. The van der Waals surface area contributed by atoms with Crippen molar-refractivity contribution in [2.24, 2.45) is 0 Å². The second kappa shape index (κ2) is 12.3. The lowest BCUT2D eigenvalue weighted by Crippen LogP contribution is -2.30. The molecule has 1 unspecified atom stereocenters. The zero-order chi connectivity index (χ0) is 24.5. The molecular weight excluding hydrogens is 430 g/mol. The Morgan fingerprint density at radius 3 is 2.26 bits per heavy atom. The van der Waals surface area contributed by atoms with Crippen LogP contribution >= 0.6 is 0 Å². The Morgan fingerprint density at radius 2 is 1.49 bits per heavy atom. The number of nitrogens with zero attached hydrogens (tertiary/aromatic N) is 2. The smallest absolute Gasteiger partial charge is 0.224 e. The molecule has 1 atom stereocenters. The van der Waals surface area contributed by atoms with E-state index in [0.717, 1.165) is 41.0 Å². The van der Waals surface area contributed by atoms with Gasteiger partial charge in [-0.15, -0.1) is 0 Å². The number of hydrogen-bond acceptors (Lipinski definition) is 2. The molecule has 0 saturated carbocycles. The predicted octanol–water partition coefficient (Wildman–Crippen LogP) is 7.48. The van der Waals surface area contributed by atoms with Crippen LogP contribution in [0, 0.1) is 0 Å². The van der Waals surface area contributed by atoms with Gasteiger partial charge in [-0.3, -0.25) is 4.79 Å². The van der Waals surface area contributed by atoms with Gasteiger partial charge in [-0.25, -0.2) is 4.98 Å². The molecule has 35 heavy (non-hydrogen) atoms. The summed E-state index contributed by atoms with van der Waals surface area (Å²) in [6.07, 6.45) is 7.90. The Balaban J connectivity index is 1.39. The van der Waals surface area contributed by atoms with Crippen molar-refractivity contribution in [3.63, 3.8) is 0 Å². The van der Waals surface area contributed by atoms with Crippen molar-refractivity contribution in [3.05, 3.63) is 90.3 Å². The minimum absolute atomic E-state index is 0.0168.